The predicted octanol–water partition coefficient (Wildman–Crippen LogP) is 2.75. The summed E-state index contributed by atoms with van der Waals surface area (Å²) in [5, 5.41) is 0. The van der Waals surface area contributed by atoms with Gasteiger partial charge in [-0.05, 0) is 12.1 Å². The first-order valence-electron chi connectivity index (χ1n) is 3.87. The molecule has 0 saturated carbocycles. The minimum absolute atomic E-state index is 0.132. The van der Waals surface area contributed by atoms with Crippen LogP contribution >= 0.6 is 0 Å². The van der Waals surface area contributed by atoms with Crippen molar-refractivity contribution in [3.05, 3.63) is 29.6 Å². The summed E-state index contributed by atoms with van der Waals surface area (Å²) in [4.78, 5) is 0. The molecule has 15 heavy (non-hydrogen) atoms. The first kappa shape index (κ1) is 11.4. The predicted molar refractivity (Wildman–Crippen MR) is 45.9 cm³/mol. The summed E-state index contributed by atoms with van der Waals surface area (Å²) in [5.74, 6) is 1.13. The third-order valence-corrected chi connectivity index (χ3v) is 1.44. The molecule has 0 radical (unpaired) electrons. The summed E-state index contributed by atoms with van der Waals surface area (Å²) < 4.78 is 52.4. The topological polar surface area (TPSA) is 9.23 Å². The highest BCUT2D eigenvalue weighted by Gasteiger charge is 2.28. The van der Waals surface area contributed by atoms with E-state index in [-0.39, 0.29) is 11.3 Å². The summed E-state index contributed by atoms with van der Waals surface area (Å²) in [7, 11) is 0. The Morgan fingerprint density at radius 3 is 2.47 bits per heavy atom. The van der Waals surface area contributed by atoms with Crippen LogP contribution in [0.3, 0.4) is 0 Å². The van der Waals surface area contributed by atoms with E-state index < -0.39 is 18.6 Å². The number of hydrogen-bond acceptors (Lipinski definition) is 1. The summed E-state index contributed by atoms with van der Waals surface area (Å²) in [6.45, 7) is -1.47. The molecule has 0 aliphatic heterocycles. The molecule has 0 aliphatic rings. The number of ether oxygens (including phenoxy) is 1. The van der Waals surface area contributed by atoms with Crippen LogP contribution in [0, 0.1) is 18.2 Å². The zero-order chi connectivity index (χ0) is 11.5. The molecule has 5 heteroatoms. The first-order valence-corrected chi connectivity index (χ1v) is 3.87. The Morgan fingerprint density at radius 1 is 1.27 bits per heavy atom. The van der Waals surface area contributed by atoms with Crippen molar-refractivity contribution in [2.24, 2.45) is 0 Å². The highest BCUT2D eigenvalue weighted by Crippen LogP contribution is 2.20. The summed E-state index contributed by atoms with van der Waals surface area (Å²) in [5.41, 5.74) is 0.132. The molecule has 0 heterocycles. The van der Waals surface area contributed by atoms with E-state index in [2.05, 4.69) is 10.7 Å². The van der Waals surface area contributed by atoms with Gasteiger partial charge in [-0.15, -0.1) is 6.42 Å². The van der Waals surface area contributed by atoms with Crippen LogP contribution in [0.5, 0.6) is 5.75 Å². The lowest BCUT2D eigenvalue weighted by Gasteiger charge is -2.09. The van der Waals surface area contributed by atoms with Gasteiger partial charge in [0.15, 0.2) is 6.61 Å². The standard InChI is InChI=1S/C10H6F4O/c1-2-7-3-8(11)5-9(4-7)15-6-10(12,13)14/h1,3-5H,6H2. The molecular weight excluding hydrogens is 212 g/mol. The Labute approximate surface area is 83.7 Å². The molecule has 0 aliphatic carbocycles. The SMILES string of the molecule is C#Cc1cc(F)cc(OCC(F)(F)F)c1. The van der Waals surface area contributed by atoms with Gasteiger partial charge < -0.3 is 4.74 Å². The molecule has 1 aromatic carbocycles. The molecule has 1 rings (SSSR count). The Morgan fingerprint density at radius 2 is 1.93 bits per heavy atom. The van der Waals surface area contributed by atoms with Crippen LogP contribution in [0.4, 0.5) is 17.6 Å². The molecule has 0 N–H and O–H groups in total. The van der Waals surface area contributed by atoms with Crippen LogP contribution in [0.2, 0.25) is 0 Å². The third kappa shape index (κ3) is 3.90. The van der Waals surface area contributed by atoms with Gasteiger partial charge in [-0.2, -0.15) is 13.2 Å². The van der Waals surface area contributed by atoms with Crippen molar-refractivity contribution >= 4 is 0 Å². The fourth-order valence-corrected chi connectivity index (χ4v) is 0.895. The van der Waals surface area contributed by atoms with Gasteiger partial charge in [-0.25, -0.2) is 4.39 Å². The number of hydrogen-bond donors (Lipinski definition) is 0. The maximum atomic E-state index is 12.8. The molecule has 0 atom stereocenters. The Balaban J connectivity index is 2.78. The van der Waals surface area contributed by atoms with Crippen LogP contribution < -0.4 is 4.74 Å². The minimum Gasteiger partial charge on any atom is -0.484 e. The summed E-state index contributed by atoms with van der Waals surface area (Å²) >= 11 is 0. The van der Waals surface area contributed by atoms with Gasteiger partial charge in [0, 0.05) is 11.6 Å². The van der Waals surface area contributed by atoms with E-state index in [0.29, 0.717) is 0 Å². The average molecular weight is 218 g/mol. The number of alkyl halides is 3. The smallest absolute Gasteiger partial charge is 0.422 e. The molecule has 80 valence electrons. The van der Waals surface area contributed by atoms with Crippen molar-refractivity contribution in [2.75, 3.05) is 6.61 Å². The van der Waals surface area contributed by atoms with E-state index in [1.807, 2.05) is 0 Å². The lowest BCUT2D eigenvalue weighted by atomic mass is 10.2. The minimum atomic E-state index is -4.46. The van der Waals surface area contributed by atoms with E-state index >= 15 is 0 Å². The van der Waals surface area contributed by atoms with E-state index in [4.69, 9.17) is 6.42 Å². The van der Waals surface area contributed by atoms with Gasteiger partial charge in [-0.3, -0.25) is 0 Å². The van der Waals surface area contributed by atoms with Crippen molar-refractivity contribution in [3.63, 3.8) is 0 Å². The molecule has 0 saturated heterocycles. The highest BCUT2D eigenvalue weighted by atomic mass is 19.4. The van der Waals surface area contributed by atoms with Gasteiger partial charge in [0.05, 0.1) is 0 Å². The molecule has 0 spiro atoms. The van der Waals surface area contributed by atoms with Crippen LogP contribution in [0.25, 0.3) is 0 Å². The van der Waals surface area contributed by atoms with Crippen molar-refractivity contribution in [1.29, 1.82) is 0 Å². The number of rotatable bonds is 2. The second-order valence-electron chi connectivity index (χ2n) is 2.72. The first-order chi connectivity index (χ1) is 6.90. The fraction of sp³-hybridized carbons (Fsp3) is 0.200. The van der Waals surface area contributed by atoms with Crippen molar-refractivity contribution in [2.45, 2.75) is 6.18 Å². The van der Waals surface area contributed by atoms with Crippen LogP contribution in [-0.4, -0.2) is 12.8 Å². The molecule has 0 bridgehead atoms. The molecular formula is C10H6F4O. The normalized spacial score (nSPS) is 10.9. The van der Waals surface area contributed by atoms with Crippen LogP contribution in [0.15, 0.2) is 18.2 Å². The van der Waals surface area contributed by atoms with Gasteiger partial charge >= 0.3 is 6.18 Å². The molecule has 0 unspecified atom stereocenters. The second kappa shape index (κ2) is 4.22. The van der Waals surface area contributed by atoms with E-state index in [1.165, 1.54) is 0 Å². The van der Waals surface area contributed by atoms with E-state index in [0.717, 1.165) is 18.2 Å². The number of halogens is 4. The van der Waals surface area contributed by atoms with Gasteiger partial charge in [-0.1, -0.05) is 5.92 Å². The molecule has 0 amide bonds. The zero-order valence-electron chi connectivity index (χ0n) is 7.44. The van der Waals surface area contributed by atoms with Gasteiger partial charge in [0.25, 0.3) is 0 Å². The monoisotopic (exact) mass is 218 g/mol. The van der Waals surface area contributed by atoms with Gasteiger partial charge in [0.1, 0.15) is 11.6 Å². The molecule has 0 aromatic heterocycles. The quantitative estimate of drug-likeness (QED) is 0.547. The van der Waals surface area contributed by atoms with Crippen LogP contribution in [0.1, 0.15) is 5.56 Å². The number of terminal acetylenes is 1. The maximum absolute atomic E-state index is 12.8. The largest absolute Gasteiger partial charge is 0.484 e. The molecule has 0 fully saturated rings. The van der Waals surface area contributed by atoms with Crippen molar-refractivity contribution in [1.82, 2.24) is 0 Å². The maximum Gasteiger partial charge on any atom is 0.422 e. The Bertz CT molecular complexity index is 389. The highest BCUT2D eigenvalue weighted by molar-refractivity contribution is 5.39. The van der Waals surface area contributed by atoms with Crippen molar-refractivity contribution < 1.29 is 22.3 Å². The molecule has 1 nitrogen and oxygen atoms in total. The second-order valence-corrected chi connectivity index (χ2v) is 2.72. The van der Waals surface area contributed by atoms with Crippen LogP contribution in [-0.2, 0) is 0 Å². The molecule has 1 aromatic rings. The Hall–Kier alpha value is -1.70. The Kier molecular flexibility index (Phi) is 3.20. The summed E-state index contributed by atoms with van der Waals surface area (Å²) in [6, 6.07) is 3.03. The number of benzene rings is 1. The van der Waals surface area contributed by atoms with Crippen molar-refractivity contribution in [3.8, 4) is 18.1 Å². The average Bonchev–Trinajstić information content (AvgIpc) is 2.13. The summed E-state index contributed by atoms with van der Waals surface area (Å²) in [6.07, 6.45) is 0.519. The zero-order valence-corrected chi connectivity index (χ0v) is 7.44. The van der Waals surface area contributed by atoms with Gasteiger partial charge in [0.2, 0.25) is 0 Å². The van der Waals surface area contributed by atoms with E-state index in [1.54, 1.807) is 0 Å². The van der Waals surface area contributed by atoms with E-state index in [9.17, 15) is 17.6 Å². The lowest BCUT2D eigenvalue weighted by Crippen LogP contribution is -2.19. The third-order valence-electron chi connectivity index (χ3n) is 1.44. The fourth-order valence-electron chi connectivity index (χ4n) is 0.895. The lowest BCUT2D eigenvalue weighted by molar-refractivity contribution is -0.153.